The van der Waals surface area contributed by atoms with E-state index in [1.807, 2.05) is 13.8 Å². The van der Waals surface area contributed by atoms with Crippen LogP contribution in [0, 0.1) is 0 Å². The second kappa shape index (κ2) is 6.10. The molecule has 0 aromatic carbocycles. The van der Waals surface area contributed by atoms with Crippen LogP contribution in [0.25, 0.3) is 0 Å². The first-order valence-electron chi connectivity index (χ1n) is 5.35. The van der Waals surface area contributed by atoms with Gasteiger partial charge >= 0.3 is 5.97 Å². The zero-order valence-corrected chi connectivity index (χ0v) is 10.4. The smallest absolute Gasteiger partial charge is 0.323 e. The molecule has 1 atom stereocenters. The summed E-state index contributed by atoms with van der Waals surface area (Å²) in [4.78, 5) is 24.2. The maximum atomic E-state index is 12.1. The van der Waals surface area contributed by atoms with Crippen LogP contribution in [0.5, 0.6) is 0 Å². The minimum Gasteiger partial charge on any atom is -0.480 e. The van der Waals surface area contributed by atoms with E-state index in [4.69, 9.17) is 5.11 Å². The third-order valence-electron chi connectivity index (χ3n) is 2.43. The third-order valence-corrected chi connectivity index (χ3v) is 3.49. The molecular formula is C10H18N2O3S. The van der Waals surface area contributed by atoms with E-state index in [1.165, 1.54) is 4.90 Å². The fraction of sp³-hybridized carbons (Fsp3) is 0.800. The van der Waals surface area contributed by atoms with Crippen molar-refractivity contribution in [2.75, 3.05) is 24.6 Å². The van der Waals surface area contributed by atoms with E-state index in [0.717, 1.165) is 18.1 Å². The first kappa shape index (κ1) is 13.3. The monoisotopic (exact) mass is 246 g/mol. The molecule has 1 unspecified atom stereocenters. The molecule has 16 heavy (non-hydrogen) atoms. The summed E-state index contributed by atoms with van der Waals surface area (Å²) in [6, 6.07) is -0.321. The van der Waals surface area contributed by atoms with Crippen LogP contribution in [0.1, 0.15) is 13.8 Å². The molecule has 1 rings (SSSR count). The molecule has 2 N–H and O–H groups in total. The number of carboxylic acid groups (broad SMARTS) is 1. The molecule has 0 spiro atoms. The zero-order chi connectivity index (χ0) is 12.1. The summed E-state index contributed by atoms with van der Waals surface area (Å²) in [5.74, 6) is 0.654. The summed E-state index contributed by atoms with van der Waals surface area (Å²) in [6.07, 6.45) is 0. The van der Waals surface area contributed by atoms with E-state index >= 15 is 0 Å². The standard InChI is InChI=1S/C10H18N2O3S/c1-7(2)12(5-9(13)14)10(15)8-6-16-4-3-11-8/h7-8,11H,3-6H2,1-2H3,(H,13,14). The highest BCUT2D eigenvalue weighted by atomic mass is 32.2. The summed E-state index contributed by atoms with van der Waals surface area (Å²) >= 11 is 1.72. The van der Waals surface area contributed by atoms with Gasteiger partial charge in [0, 0.05) is 24.1 Å². The van der Waals surface area contributed by atoms with E-state index in [0.29, 0.717) is 0 Å². The van der Waals surface area contributed by atoms with Crippen LogP contribution < -0.4 is 5.32 Å². The average molecular weight is 246 g/mol. The van der Waals surface area contributed by atoms with Crippen molar-refractivity contribution in [2.24, 2.45) is 0 Å². The van der Waals surface area contributed by atoms with E-state index in [2.05, 4.69) is 5.32 Å². The molecule has 0 aromatic heterocycles. The highest BCUT2D eigenvalue weighted by molar-refractivity contribution is 7.99. The van der Waals surface area contributed by atoms with Gasteiger partial charge in [-0.25, -0.2) is 0 Å². The van der Waals surface area contributed by atoms with Gasteiger partial charge in [-0.2, -0.15) is 11.8 Å². The van der Waals surface area contributed by atoms with E-state index < -0.39 is 5.97 Å². The summed E-state index contributed by atoms with van der Waals surface area (Å²) < 4.78 is 0. The molecule has 0 aliphatic carbocycles. The number of hydrogen-bond acceptors (Lipinski definition) is 4. The van der Waals surface area contributed by atoms with Gasteiger partial charge in [-0.15, -0.1) is 0 Å². The molecule has 1 saturated heterocycles. The highest BCUT2D eigenvalue weighted by Gasteiger charge is 2.28. The lowest BCUT2D eigenvalue weighted by molar-refractivity contribution is -0.146. The van der Waals surface area contributed by atoms with Gasteiger partial charge in [0.2, 0.25) is 5.91 Å². The van der Waals surface area contributed by atoms with Crippen molar-refractivity contribution in [1.29, 1.82) is 0 Å². The molecule has 1 aliphatic rings. The van der Waals surface area contributed by atoms with Gasteiger partial charge in [0.1, 0.15) is 6.54 Å². The van der Waals surface area contributed by atoms with Crippen molar-refractivity contribution < 1.29 is 14.7 Å². The molecule has 1 amide bonds. The van der Waals surface area contributed by atoms with Crippen LogP contribution in [0.4, 0.5) is 0 Å². The topological polar surface area (TPSA) is 69.6 Å². The van der Waals surface area contributed by atoms with E-state index in [9.17, 15) is 9.59 Å². The summed E-state index contributed by atoms with van der Waals surface area (Å²) in [7, 11) is 0. The molecule has 1 heterocycles. The minimum atomic E-state index is -0.967. The Balaban J connectivity index is 2.61. The average Bonchev–Trinajstić information content (AvgIpc) is 2.25. The Morgan fingerprint density at radius 2 is 2.25 bits per heavy atom. The van der Waals surface area contributed by atoms with Gasteiger partial charge < -0.3 is 15.3 Å². The number of carbonyl (C=O) groups is 2. The number of aliphatic carboxylic acids is 1. The molecule has 92 valence electrons. The maximum Gasteiger partial charge on any atom is 0.323 e. The zero-order valence-electron chi connectivity index (χ0n) is 9.60. The summed E-state index contributed by atoms with van der Waals surface area (Å²) in [5.41, 5.74) is 0. The molecule has 0 bridgehead atoms. The van der Waals surface area contributed by atoms with Crippen molar-refractivity contribution in [3.63, 3.8) is 0 Å². The predicted molar refractivity (Wildman–Crippen MR) is 63.6 cm³/mol. The lowest BCUT2D eigenvalue weighted by atomic mass is 10.2. The Morgan fingerprint density at radius 1 is 1.56 bits per heavy atom. The normalized spacial score (nSPS) is 20.8. The van der Waals surface area contributed by atoms with Gasteiger partial charge in [-0.05, 0) is 13.8 Å². The SMILES string of the molecule is CC(C)N(CC(=O)O)C(=O)C1CSCCN1. The minimum absolute atomic E-state index is 0.0858. The first-order valence-corrected chi connectivity index (χ1v) is 6.51. The molecule has 0 aromatic rings. The lowest BCUT2D eigenvalue weighted by Gasteiger charge is -2.31. The van der Waals surface area contributed by atoms with Crippen LogP contribution in [-0.4, -0.2) is 58.6 Å². The fourth-order valence-corrected chi connectivity index (χ4v) is 2.51. The van der Waals surface area contributed by atoms with Crippen molar-refractivity contribution in [2.45, 2.75) is 25.9 Å². The Bertz CT molecular complexity index is 265. The van der Waals surface area contributed by atoms with E-state index in [1.54, 1.807) is 11.8 Å². The Hall–Kier alpha value is -0.750. The van der Waals surface area contributed by atoms with Crippen LogP contribution in [0.2, 0.25) is 0 Å². The maximum absolute atomic E-state index is 12.1. The number of nitrogens with zero attached hydrogens (tertiary/aromatic N) is 1. The Morgan fingerprint density at radius 3 is 2.69 bits per heavy atom. The van der Waals surface area contributed by atoms with Crippen LogP contribution in [0.15, 0.2) is 0 Å². The lowest BCUT2D eigenvalue weighted by Crippen LogP contribution is -2.53. The van der Waals surface area contributed by atoms with Gasteiger partial charge in [-0.1, -0.05) is 0 Å². The van der Waals surface area contributed by atoms with Gasteiger partial charge in [0.05, 0.1) is 6.04 Å². The molecule has 6 heteroatoms. The predicted octanol–water partition coefficient (Wildman–Crippen LogP) is 0.0130. The largest absolute Gasteiger partial charge is 0.480 e. The second-order valence-electron chi connectivity index (χ2n) is 4.04. The molecule has 0 radical (unpaired) electrons. The number of thioether (sulfide) groups is 1. The van der Waals surface area contributed by atoms with Crippen molar-refractivity contribution in [1.82, 2.24) is 10.2 Å². The van der Waals surface area contributed by atoms with Gasteiger partial charge in [0.25, 0.3) is 0 Å². The highest BCUT2D eigenvalue weighted by Crippen LogP contribution is 2.11. The number of nitrogens with one attached hydrogen (secondary N) is 1. The van der Waals surface area contributed by atoms with Gasteiger partial charge in [0.15, 0.2) is 0 Å². The van der Waals surface area contributed by atoms with Crippen LogP contribution in [-0.2, 0) is 9.59 Å². The van der Waals surface area contributed by atoms with Crippen molar-refractivity contribution >= 4 is 23.6 Å². The Labute approximate surface area is 99.6 Å². The number of hydrogen-bond donors (Lipinski definition) is 2. The quantitative estimate of drug-likeness (QED) is 0.731. The number of carbonyl (C=O) groups excluding carboxylic acids is 1. The number of carboxylic acids is 1. The third kappa shape index (κ3) is 3.68. The fourth-order valence-electron chi connectivity index (χ4n) is 1.58. The molecule has 1 aliphatic heterocycles. The number of rotatable bonds is 4. The first-order chi connectivity index (χ1) is 7.52. The molecule has 1 fully saturated rings. The Kier molecular flexibility index (Phi) is 5.08. The van der Waals surface area contributed by atoms with Crippen molar-refractivity contribution in [3.8, 4) is 0 Å². The van der Waals surface area contributed by atoms with Gasteiger partial charge in [-0.3, -0.25) is 9.59 Å². The second-order valence-corrected chi connectivity index (χ2v) is 5.19. The van der Waals surface area contributed by atoms with Crippen LogP contribution >= 0.6 is 11.8 Å². The molecule has 5 nitrogen and oxygen atoms in total. The number of amides is 1. The molecular weight excluding hydrogens is 228 g/mol. The summed E-state index contributed by atoms with van der Waals surface area (Å²) in [5, 5.41) is 11.9. The van der Waals surface area contributed by atoms with Crippen molar-refractivity contribution in [3.05, 3.63) is 0 Å². The summed E-state index contributed by atoms with van der Waals surface area (Å²) in [6.45, 7) is 4.24. The molecule has 0 saturated carbocycles. The van der Waals surface area contributed by atoms with Crippen LogP contribution in [0.3, 0.4) is 0 Å². The van der Waals surface area contributed by atoms with E-state index in [-0.39, 0.29) is 24.5 Å².